The Labute approximate surface area is 141 Å². The highest BCUT2D eigenvalue weighted by molar-refractivity contribution is 5.84. The Morgan fingerprint density at radius 3 is 2.54 bits per heavy atom. The molecule has 0 saturated heterocycles. The molecule has 24 heavy (non-hydrogen) atoms. The molecule has 2 N–H and O–H groups in total. The molecule has 0 spiro atoms. The summed E-state index contributed by atoms with van der Waals surface area (Å²) in [6.45, 7) is 2.33. The highest BCUT2D eigenvalue weighted by Crippen LogP contribution is 2.39. The number of allylic oxidation sites excluding steroid dienone is 1. The van der Waals surface area contributed by atoms with Crippen molar-refractivity contribution in [2.24, 2.45) is 5.92 Å². The van der Waals surface area contributed by atoms with Crippen LogP contribution >= 0.6 is 0 Å². The molecule has 132 valence electrons. The van der Waals surface area contributed by atoms with Crippen LogP contribution in [-0.4, -0.2) is 42.8 Å². The number of aliphatic carboxylic acids is 1. The number of aliphatic hydroxyl groups is 1. The van der Waals surface area contributed by atoms with Crippen molar-refractivity contribution < 1.29 is 29.2 Å². The lowest BCUT2D eigenvalue weighted by Crippen LogP contribution is -2.36. The van der Waals surface area contributed by atoms with Crippen LogP contribution in [-0.2, 0) is 14.3 Å². The number of carboxylic acids is 1. The van der Waals surface area contributed by atoms with Crippen LogP contribution in [0.3, 0.4) is 0 Å². The molecule has 1 aliphatic rings. The maximum atomic E-state index is 11.4. The second kappa shape index (κ2) is 8.70. The van der Waals surface area contributed by atoms with Gasteiger partial charge in [0.25, 0.3) is 0 Å². The van der Waals surface area contributed by atoms with Crippen molar-refractivity contribution in [2.45, 2.75) is 32.0 Å². The van der Waals surface area contributed by atoms with Crippen molar-refractivity contribution in [3.05, 3.63) is 41.7 Å². The minimum Gasteiger partial charge on any atom is -0.497 e. The minimum atomic E-state index is -1.11. The van der Waals surface area contributed by atoms with Crippen molar-refractivity contribution in [2.75, 3.05) is 20.3 Å². The molecule has 0 unspecified atom stereocenters. The van der Waals surface area contributed by atoms with E-state index in [0.29, 0.717) is 19.4 Å². The fraction of sp³-hybridized carbons (Fsp3) is 0.500. The van der Waals surface area contributed by atoms with Crippen LogP contribution in [0.25, 0.3) is 0 Å². The van der Waals surface area contributed by atoms with E-state index in [9.17, 15) is 15.0 Å². The molecule has 6 nitrogen and oxygen atoms in total. The number of carboxylic acid groups (broad SMARTS) is 1. The van der Waals surface area contributed by atoms with Crippen LogP contribution in [0.5, 0.6) is 5.75 Å². The van der Waals surface area contributed by atoms with Gasteiger partial charge in [-0.1, -0.05) is 12.1 Å². The Balaban J connectivity index is 2.37. The summed E-state index contributed by atoms with van der Waals surface area (Å²) in [6, 6.07) is 7.52. The molecule has 0 fully saturated rings. The number of carbonyl (C=O) groups is 1. The van der Waals surface area contributed by atoms with Gasteiger partial charge in [0, 0.05) is 25.0 Å². The average Bonchev–Trinajstić information content (AvgIpc) is 2.60. The summed E-state index contributed by atoms with van der Waals surface area (Å²) in [5, 5.41) is 18.5. The van der Waals surface area contributed by atoms with Gasteiger partial charge in [-0.15, -0.1) is 0 Å². The Morgan fingerprint density at radius 2 is 2.00 bits per heavy atom. The third-order valence-electron chi connectivity index (χ3n) is 4.12. The lowest BCUT2D eigenvalue weighted by Gasteiger charge is -2.36. The highest BCUT2D eigenvalue weighted by atomic mass is 16.7. The van der Waals surface area contributed by atoms with E-state index >= 15 is 0 Å². The van der Waals surface area contributed by atoms with E-state index in [4.69, 9.17) is 14.2 Å². The normalized spacial score (nSPS) is 23.3. The van der Waals surface area contributed by atoms with Gasteiger partial charge < -0.3 is 24.4 Å². The van der Waals surface area contributed by atoms with Gasteiger partial charge in [-0.3, -0.25) is 0 Å². The molecule has 0 aliphatic carbocycles. The first-order valence-corrected chi connectivity index (χ1v) is 8.08. The summed E-state index contributed by atoms with van der Waals surface area (Å²) in [5.41, 5.74) is 0.963. The minimum absolute atomic E-state index is 0.0696. The zero-order valence-electron chi connectivity index (χ0n) is 14.0. The summed E-state index contributed by atoms with van der Waals surface area (Å²) in [4.78, 5) is 11.4. The van der Waals surface area contributed by atoms with E-state index in [-0.39, 0.29) is 24.2 Å². The van der Waals surface area contributed by atoms with Crippen molar-refractivity contribution in [1.29, 1.82) is 0 Å². The number of hydrogen-bond acceptors (Lipinski definition) is 5. The summed E-state index contributed by atoms with van der Waals surface area (Å²) in [7, 11) is 1.60. The van der Waals surface area contributed by atoms with Crippen molar-refractivity contribution in [3.63, 3.8) is 0 Å². The third-order valence-corrected chi connectivity index (χ3v) is 4.12. The van der Waals surface area contributed by atoms with Gasteiger partial charge in [-0.05, 0) is 43.5 Å². The second-order valence-electron chi connectivity index (χ2n) is 5.61. The fourth-order valence-electron chi connectivity index (χ4n) is 2.96. The molecule has 0 amide bonds. The largest absolute Gasteiger partial charge is 0.497 e. The molecule has 0 bridgehead atoms. The SMILES string of the molecule is CCO[C@@H]1OC(C(=O)O)=C[C@H](c2ccc(OC)cc2)[C@@H]1CCCO. The van der Waals surface area contributed by atoms with Crippen LogP contribution in [0.1, 0.15) is 31.2 Å². The van der Waals surface area contributed by atoms with E-state index in [0.717, 1.165) is 11.3 Å². The maximum absolute atomic E-state index is 11.4. The maximum Gasteiger partial charge on any atom is 0.370 e. The van der Waals surface area contributed by atoms with Crippen molar-refractivity contribution >= 4 is 5.97 Å². The van der Waals surface area contributed by atoms with Crippen molar-refractivity contribution in [1.82, 2.24) is 0 Å². The Bertz CT molecular complexity index is 565. The first kappa shape index (κ1) is 18.3. The predicted molar refractivity (Wildman–Crippen MR) is 87.8 cm³/mol. The van der Waals surface area contributed by atoms with Crippen LogP contribution in [0, 0.1) is 5.92 Å². The molecule has 6 heteroatoms. The average molecular weight is 336 g/mol. The molecule has 0 aromatic heterocycles. The predicted octanol–water partition coefficient (Wildman–Crippen LogP) is 2.53. The highest BCUT2D eigenvalue weighted by Gasteiger charge is 2.37. The molecule has 1 aromatic carbocycles. The van der Waals surface area contributed by atoms with E-state index in [1.54, 1.807) is 13.2 Å². The summed E-state index contributed by atoms with van der Waals surface area (Å²) < 4.78 is 16.3. The molecular formula is C18H24O6. The monoisotopic (exact) mass is 336 g/mol. The zero-order valence-corrected chi connectivity index (χ0v) is 14.0. The first-order valence-electron chi connectivity index (χ1n) is 8.08. The molecule has 0 radical (unpaired) electrons. The van der Waals surface area contributed by atoms with Crippen molar-refractivity contribution in [3.8, 4) is 5.75 Å². The van der Waals surface area contributed by atoms with Gasteiger partial charge in [-0.2, -0.15) is 0 Å². The molecule has 1 aliphatic heterocycles. The van der Waals surface area contributed by atoms with Crippen LogP contribution in [0.15, 0.2) is 36.1 Å². The summed E-state index contributed by atoms with van der Waals surface area (Å²) >= 11 is 0. The Hall–Kier alpha value is -2.05. The van der Waals surface area contributed by atoms with Crippen LogP contribution in [0.2, 0.25) is 0 Å². The molecule has 1 aromatic rings. The molecular weight excluding hydrogens is 312 g/mol. The van der Waals surface area contributed by atoms with Crippen LogP contribution in [0.4, 0.5) is 0 Å². The lowest BCUT2D eigenvalue weighted by atomic mass is 9.80. The molecule has 0 saturated carbocycles. The van der Waals surface area contributed by atoms with E-state index in [2.05, 4.69) is 0 Å². The van der Waals surface area contributed by atoms with Gasteiger partial charge >= 0.3 is 5.97 Å². The van der Waals surface area contributed by atoms with E-state index in [1.807, 2.05) is 31.2 Å². The lowest BCUT2D eigenvalue weighted by molar-refractivity contribution is -0.173. The number of benzene rings is 1. The van der Waals surface area contributed by atoms with Gasteiger partial charge in [0.15, 0.2) is 0 Å². The van der Waals surface area contributed by atoms with E-state index < -0.39 is 12.3 Å². The topological polar surface area (TPSA) is 85.2 Å². The van der Waals surface area contributed by atoms with E-state index in [1.165, 1.54) is 0 Å². The number of ether oxygens (including phenoxy) is 3. The Kier molecular flexibility index (Phi) is 6.63. The summed E-state index contributed by atoms with van der Waals surface area (Å²) in [5.74, 6) is -0.720. The molecule has 3 atom stereocenters. The molecule has 1 heterocycles. The third kappa shape index (κ3) is 4.27. The fourth-order valence-corrected chi connectivity index (χ4v) is 2.96. The number of rotatable bonds is 8. The number of methoxy groups -OCH3 is 1. The summed E-state index contributed by atoms with van der Waals surface area (Å²) in [6.07, 6.45) is 2.24. The first-order chi connectivity index (χ1) is 11.6. The molecule has 2 rings (SSSR count). The van der Waals surface area contributed by atoms with Gasteiger partial charge in [-0.25, -0.2) is 4.79 Å². The quantitative estimate of drug-likeness (QED) is 0.759. The smallest absolute Gasteiger partial charge is 0.370 e. The van der Waals surface area contributed by atoms with Gasteiger partial charge in [0.1, 0.15) is 5.75 Å². The van der Waals surface area contributed by atoms with Crippen LogP contribution < -0.4 is 4.74 Å². The second-order valence-corrected chi connectivity index (χ2v) is 5.61. The van der Waals surface area contributed by atoms with Gasteiger partial charge in [0.05, 0.1) is 7.11 Å². The van der Waals surface area contributed by atoms with Gasteiger partial charge in [0.2, 0.25) is 12.0 Å². The standard InChI is InChI=1S/C18H24O6/c1-3-23-18-14(5-4-10-19)15(11-16(24-18)17(20)21)12-6-8-13(22-2)9-7-12/h6-9,11,14-15,18-19H,3-5,10H2,1-2H3,(H,20,21)/t14-,15+,18+/m0/s1. The number of hydrogen-bond donors (Lipinski definition) is 2. The Morgan fingerprint density at radius 1 is 1.29 bits per heavy atom. The zero-order chi connectivity index (χ0) is 17.5. The number of aliphatic hydroxyl groups excluding tert-OH is 1.